The van der Waals surface area contributed by atoms with Crippen LogP contribution in [-0.4, -0.2) is 35.1 Å². The molecule has 0 bridgehead atoms. The Bertz CT molecular complexity index is 495. The van der Waals surface area contributed by atoms with Gasteiger partial charge < -0.3 is 14.0 Å². The molecule has 0 amide bonds. The van der Waals surface area contributed by atoms with E-state index in [1.807, 2.05) is 0 Å². The van der Waals surface area contributed by atoms with Gasteiger partial charge in [0.15, 0.2) is 5.82 Å². The van der Waals surface area contributed by atoms with Gasteiger partial charge in [-0.25, -0.2) is 0 Å². The molecule has 5 nitrogen and oxygen atoms in total. The second-order valence-electron chi connectivity index (χ2n) is 6.67. The summed E-state index contributed by atoms with van der Waals surface area (Å²) in [5, 5.41) is 8.90. The van der Waals surface area contributed by atoms with Crippen molar-refractivity contribution in [3.05, 3.63) is 11.6 Å². The molecule has 1 saturated carbocycles. The van der Waals surface area contributed by atoms with Crippen molar-refractivity contribution in [3.8, 4) is 0 Å². The topological polar surface area (TPSA) is 49.2 Å². The lowest BCUT2D eigenvalue weighted by atomic mass is 9.97. The molecule has 0 N–H and O–H groups in total. The van der Waals surface area contributed by atoms with Crippen LogP contribution in [0.15, 0.2) is 0 Å². The lowest BCUT2D eigenvalue weighted by Gasteiger charge is -2.18. The first-order chi connectivity index (χ1) is 9.81. The third-order valence-corrected chi connectivity index (χ3v) is 5.41. The third-order valence-electron chi connectivity index (χ3n) is 5.41. The number of fused-ring (bicyclic) bond motifs is 1. The fraction of sp³-hybridized carbons (Fsp3) is 0.867. The standard InChI is InChI=1S/C15H23N3O2/c1-19-10-11-3-9-20-13(11)14-17-16-12-2-4-15(5-6-15)7-8-18(12)14/h11,13H,2-10H2,1H3/t11-,13-/m0/s1. The van der Waals surface area contributed by atoms with Gasteiger partial charge in [-0.1, -0.05) is 0 Å². The number of hydrogen-bond acceptors (Lipinski definition) is 4. The molecule has 1 saturated heterocycles. The molecule has 1 aromatic rings. The number of nitrogens with zero attached hydrogens (tertiary/aromatic N) is 3. The van der Waals surface area contributed by atoms with Gasteiger partial charge in [0, 0.05) is 32.6 Å². The number of aromatic nitrogens is 3. The van der Waals surface area contributed by atoms with Crippen molar-refractivity contribution in [2.45, 2.75) is 51.2 Å². The molecular weight excluding hydrogens is 254 g/mol. The smallest absolute Gasteiger partial charge is 0.162 e. The van der Waals surface area contributed by atoms with E-state index in [0.717, 1.165) is 44.2 Å². The summed E-state index contributed by atoms with van der Waals surface area (Å²) in [5.74, 6) is 2.62. The Morgan fingerprint density at radius 3 is 3.00 bits per heavy atom. The molecule has 2 atom stereocenters. The van der Waals surface area contributed by atoms with Crippen LogP contribution in [0, 0.1) is 11.3 Å². The predicted octanol–water partition coefficient (Wildman–Crippen LogP) is 2.12. The molecule has 3 aliphatic rings. The van der Waals surface area contributed by atoms with Crippen LogP contribution in [0.4, 0.5) is 0 Å². The van der Waals surface area contributed by atoms with Crippen LogP contribution in [0.3, 0.4) is 0 Å². The van der Waals surface area contributed by atoms with E-state index in [2.05, 4.69) is 14.8 Å². The minimum absolute atomic E-state index is 0.0736. The van der Waals surface area contributed by atoms with Gasteiger partial charge >= 0.3 is 0 Å². The van der Waals surface area contributed by atoms with Crippen LogP contribution in [0.5, 0.6) is 0 Å². The molecule has 1 spiro atoms. The van der Waals surface area contributed by atoms with E-state index in [4.69, 9.17) is 9.47 Å². The van der Waals surface area contributed by atoms with Crippen molar-refractivity contribution in [2.75, 3.05) is 20.3 Å². The first-order valence-electron chi connectivity index (χ1n) is 7.84. The third kappa shape index (κ3) is 2.07. The Morgan fingerprint density at radius 1 is 1.30 bits per heavy atom. The fourth-order valence-corrected chi connectivity index (χ4v) is 3.82. The Labute approximate surface area is 119 Å². The average Bonchev–Trinajstić information content (AvgIpc) is 2.96. The molecular formula is C15H23N3O2. The maximum atomic E-state index is 5.93. The van der Waals surface area contributed by atoms with Gasteiger partial charge in [-0.15, -0.1) is 10.2 Å². The molecule has 0 aromatic carbocycles. The largest absolute Gasteiger partial charge is 0.384 e. The maximum Gasteiger partial charge on any atom is 0.162 e. The summed E-state index contributed by atoms with van der Waals surface area (Å²) < 4.78 is 13.6. The fourth-order valence-electron chi connectivity index (χ4n) is 3.82. The van der Waals surface area contributed by atoms with Gasteiger partial charge in [-0.2, -0.15) is 0 Å². The molecule has 4 rings (SSSR count). The molecule has 20 heavy (non-hydrogen) atoms. The van der Waals surface area contributed by atoms with E-state index in [1.165, 1.54) is 25.7 Å². The predicted molar refractivity (Wildman–Crippen MR) is 73.3 cm³/mol. The van der Waals surface area contributed by atoms with Crippen LogP contribution in [0.25, 0.3) is 0 Å². The van der Waals surface area contributed by atoms with Crippen LogP contribution in [0.1, 0.15) is 49.9 Å². The zero-order valence-corrected chi connectivity index (χ0v) is 12.2. The lowest BCUT2D eigenvalue weighted by Crippen LogP contribution is -2.18. The first-order valence-corrected chi connectivity index (χ1v) is 7.84. The monoisotopic (exact) mass is 277 g/mol. The van der Waals surface area contributed by atoms with Gasteiger partial charge in [0.25, 0.3) is 0 Å². The SMILES string of the molecule is COC[C@@H]1CCO[C@@H]1c1nnc2n1CCC1(CC2)CC1. The highest BCUT2D eigenvalue weighted by Gasteiger charge is 2.44. The lowest BCUT2D eigenvalue weighted by molar-refractivity contribution is 0.0508. The molecule has 5 heteroatoms. The zero-order valence-electron chi connectivity index (χ0n) is 12.2. The second kappa shape index (κ2) is 4.81. The highest BCUT2D eigenvalue weighted by Crippen LogP contribution is 2.53. The molecule has 1 aliphatic carbocycles. The molecule has 2 fully saturated rings. The highest BCUT2D eigenvalue weighted by molar-refractivity contribution is 5.07. The quantitative estimate of drug-likeness (QED) is 0.849. The van der Waals surface area contributed by atoms with Crippen LogP contribution in [0.2, 0.25) is 0 Å². The Kier molecular flexibility index (Phi) is 3.07. The number of ether oxygens (including phenoxy) is 2. The van der Waals surface area contributed by atoms with E-state index in [1.54, 1.807) is 7.11 Å². The Hall–Kier alpha value is -0.940. The average molecular weight is 277 g/mol. The van der Waals surface area contributed by atoms with Gasteiger partial charge in [-0.05, 0) is 37.5 Å². The van der Waals surface area contributed by atoms with Crippen molar-refractivity contribution >= 4 is 0 Å². The first kappa shape index (κ1) is 12.8. The molecule has 110 valence electrons. The van der Waals surface area contributed by atoms with E-state index in [0.29, 0.717) is 11.3 Å². The maximum absolute atomic E-state index is 5.93. The van der Waals surface area contributed by atoms with E-state index in [9.17, 15) is 0 Å². The number of hydrogen-bond donors (Lipinski definition) is 0. The van der Waals surface area contributed by atoms with E-state index in [-0.39, 0.29) is 6.10 Å². The molecule has 3 heterocycles. The van der Waals surface area contributed by atoms with Crippen molar-refractivity contribution in [1.29, 1.82) is 0 Å². The highest BCUT2D eigenvalue weighted by atomic mass is 16.5. The summed E-state index contributed by atoms with van der Waals surface area (Å²) in [6.07, 6.45) is 7.61. The van der Waals surface area contributed by atoms with Gasteiger partial charge in [0.2, 0.25) is 0 Å². The molecule has 2 aliphatic heterocycles. The van der Waals surface area contributed by atoms with E-state index < -0.39 is 0 Å². The number of aryl methyl sites for hydroxylation is 1. The normalized spacial score (nSPS) is 31.2. The summed E-state index contributed by atoms with van der Waals surface area (Å²) in [4.78, 5) is 0. The van der Waals surface area contributed by atoms with Crippen LogP contribution >= 0.6 is 0 Å². The number of methoxy groups -OCH3 is 1. The van der Waals surface area contributed by atoms with Gasteiger partial charge in [0.1, 0.15) is 11.9 Å². The molecule has 1 aromatic heterocycles. The van der Waals surface area contributed by atoms with Crippen molar-refractivity contribution < 1.29 is 9.47 Å². The van der Waals surface area contributed by atoms with Crippen molar-refractivity contribution in [1.82, 2.24) is 14.8 Å². The number of rotatable bonds is 3. The zero-order chi connectivity index (χ0) is 13.6. The molecule has 0 radical (unpaired) electrons. The molecule has 0 unspecified atom stereocenters. The van der Waals surface area contributed by atoms with Crippen molar-refractivity contribution in [2.24, 2.45) is 11.3 Å². The van der Waals surface area contributed by atoms with Crippen LogP contribution in [-0.2, 0) is 22.4 Å². The summed E-state index contributed by atoms with van der Waals surface area (Å²) in [7, 11) is 1.76. The summed E-state index contributed by atoms with van der Waals surface area (Å²) >= 11 is 0. The van der Waals surface area contributed by atoms with Gasteiger partial charge in [0.05, 0.1) is 6.61 Å². The second-order valence-corrected chi connectivity index (χ2v) is 6.67. The van der Waals surface area contributed by atoms with Gasteiger partial charge in [-0.3, -0.25) is 0 Å². The summed E-state index contributed by atoms with van der Waals surface area (Å²) in [6, 6.07) is 0. The minimum Gasteiger partial charge on any atom is -0.384 e. The van der Waals surface area contributed by atoms with E-state index >= 15 is 0 Å². The summed E-state index contributed by atoms with van der Waals surface area (Å²) in [5.41, 5.74) is 0.639. The summed E-state index contributed by atoms with van der Waals surface area (Å²) in [6.45, 7) is 2.62. The van der Waals surface area contributed by atoms with Crippen molar-refractivity contribution in [3.63, 3.8) is 0 Å². The van der Waals surface area contributed by atoms with Crippen LogP contribution < -0.4 is 0 Å². The Balaban J connectivity index is 1.59. The Morgan fingerprint density at radius 2 is 2.20 bits per heavy atom. The minimum atomic E-state index is 0.0736.